The maximum atomic E-state index is 5.86. The van der Waals surface area contributed by atoms with Crippen LogP contribution in [0.5, 0.6) is 0 Å². The van der Waals surface area contributed by atoms with E-state index in [4.69, 9.17) is 10.2 Å². The van der Waals surface area contributed by atoms with E-state index >= 15 is 0 Å². The van der Waals surface area contributed by atoms with Crippen molar-refractivity contribution >= 4 is 5.82 Å². The maximum absolute atomic E-state index is 5.86. The summed E-state index contributed by atoms with van der Waals surface area (Å²) in [6.07, 6.45) is 0. The Kier molecular flexibility index (Phi) is 2.69. The van der Waals surface area contributed by atoms with Crippen molar-refractivity contribution in [3.8, 4) is 0 Å². The highest BCUT2D eigenvalue weighted by Crippen LogP contribution is 2.26. The predicted octanol–water partition coefficient (Wildman–Crippen LogP) is 2.11. The van der Waals surface area contributed by atoms with Gasteiger partial charge in [-0.15, -0.1) is 5.10 Å². The average Bonchev–Trinajstić information content (AvgIpc) is 2.73. The molecule has 0 bridgehead atoms. The highest BCUT2D eigenvalue weighted by molar-refractivity contribution is 5.38. The molecule has 0 aliphatic carbocycles. The van der Waals surface area contributed by atoms with Crippen LogP contribution >= 0.6 is 0 Å². The Hall–Kier alpha value is -1.78. The Balaban J connectivity index is 2.34. The Morgan fingerprint density at radius 1 is 1.35 bits per heavy atom. The molecular weight excluding hydrogens is 216 g/mol. The standard InChI is InChI=1S/C12H18N4O/c1-8-5-6-9(17-8)7-16-10(12(2,3)4)11(13)14-15-16/h5-6H,7,13H2,1-4H3. The van der Waals surface area contributed by atoms with Gasteiger partial charge in [0, 0.05) is 5.41 Å². The highest BCUT2D eigenvalue weighted by atomic mass is 16.3. The molecule has 0 spiro atoms. The monoisotopic (exact) mass is 234 g/mol. The van der Waals surface area contributed by atoms with Gasteiger partial charge in [0.2, 0.25) is 0 Å². The van der Waals surface area contributed by atoms with Crippen molar-refractivity contribution in [2.24, 2.45) is 0 Å². The fourth-order valence-corrected chi connectivity index (χ4v) is 1.93. The van der Waals surface area contributed by atoms with Gasteiger partial charge in [0.1, 0.15) is 18.1 Å². The van der Waals surface area contributed by atoms with Crippen molar-refractivity contribution < 1.29 is 4.42 Å². The Morgan fingerprint density at radius 3 is 2.59 bits per heavy atom. The van der Waals surface area contributed by atoms with Crippen molar-refractivity contribution in [2.75, 3.05) is 5.73 Å². The van der Waals surface area contributed by atoms with Gasteiger partial charge in [0.25, 0.3) is 0 Å². The number of anilines is 1. The van der Waals surface area contributed by atoms with E-state index in [-0.39, 0.29) is 5.41 Å². The van der Waals surface area contributed by atoms with Crippen molar-refractivity contribution in [3.05, 3.63) is 29.3 Å². The largest absolute Gasteiger partial charge is 0.464 e. The third kappa shape index (κ3) is 2.33. The first kappa shape index (κ1) is 11.7. The first-order valence-corrected chi connectivity index (χ1v) is 5.62. The van der Waals surface area contributed by atoms with E-state index in [1.165, 1.54) is 0 Å². The molecule has 17 heavy (non-hydrogen) atoms. The quantitative estimate of drug-likeness (QED) is 0.864. The van der Waals surface area contributed by atoms with E-state index in [2.05, 4.69) is 31.1 Å². The van der Waals surface area contributed by atoms with Crippen molar-refractivity contribution in [1.82, 2.24) is 15.0 Å². The number of hydrogen-bond donors (Lipinski definition) is 1. The smallest absolute Gasteiger partial charge is 0.169 e. The van der Waals surface area contributed by atoms with Crippen LogP contribution in [0, 0.1) is 6.92 Å². The van der Waals surface area contributed by atoms with Gasteiger partial charge in [0.15, 0.2) is 5.82 Å². The van der Waals surface area contributed by atoms with Gasteiger partial charge in [0.05, 0.1) is 5.69 Å². The second-order valence-electron chi connectivity index (χ2n) is 5.24. The number of nitrogens with zero attached hydrogens (tertiary/aromatic N) is 3. The fourth-order valence-electron chi connectivity index (χ4n) is 1.93. The molecule has 0 saturated heterocycles. The number of aromatic nitrogens is 3. The Morgan fingerprint density at radius 2 is 2.06 bits per heavy atom. The number of rotatable bonds is 2. The lowest BCUT2D eigenvalue weighted by molar-refractivity contribution is 0.433. The van der Waals surface area contributed by atoms with Gasteiger partial charge < -0.3 is 10.2 Å². The van der Waals surface area contributed by atoms with E-state index in [1.807, 2.05) is 19.1 Å². The molecule has 2 heterocycles. The topological polar surface area (TPSA) is 69.9 Å². The molecular formula is C12H18N4O. The second kappa shape index (κ2) is 3.91. The van der Waals surface area contributed by atoms with E-state index in [0.29, 0.717) is 12.4 Å². The van der Waals surface area contributed by atoms with Crippen LogP contribution in [0.2, 0.25) is 0 Å². The molecule has 0 aliphatic rings. The fraction of sp³-hybridized carbons (Fsp3) is 0.500. The number of furan rings is 1. The van der Waals surface area contributed by atoms with Gasteiger partial charge in [-0.2, -0.15) is 0 Å². The molecule has 0 amide bonds. The lowest BCUT2D eigenvalue weighted by Crippen LogP contribution is -2.20. The molecule has 2 rings (SSSR count). The molecule has 2 aromatic heterocycles. The molecule has 0 aromatic carbocycles. The van der Waals surface area contributed by atoms with Gasteiger partial charge in [-0.1, -0.05) is 26.0 Å². The third-order valence-corrected chi connectivity index (χ3v) is 2.57. The van der Waals surface area contributed by atoms with E-state index < -0.39 is 0 Å². The van der Waals surface area contributed by atoms with Gasteiger partial charge >= 0.3 is 0 Å². The minimum Gasteiger partial charge on any atom is -0.464 e. The molecule has 92 valence electrons. The second-order valence-corrected chi connectivity index (χ2v) is 5.24. The molecule has 0 aliphatic heterocycles. The first-order valence-electron chi connectivity index (χ1n) is 5.62. The van der Waals surface area contributed by atoms with Crippen LogP contribution in [0.3, 0.4) is 0 Å². The van der Waals surface area contributed by atoms with Crippen molar-refractivity contribution in [2.45, 2.75) is 39.7 Å². The summed E-state index contributed by atoms with van der Waals surface area (Å²) < 4.78 is 7.33. The van der Waals surface area contributed by atoms with Crippen LogP contribution in [-0.4, -0.2) is 15.0 Å². The molecule has 5 nitrogen and oxygen atoms in total. The molecule has 0 unspecified atom stereocenters. The van der Waals surface area contributed by atoms with Crippen molar-refractivity contribution in [1.29, 1.82) is 0 Å². The lowest BCUT2D eigenvalue weighted by Gasteiger charge is -2.19. The van der Waals surface area contributed by atoms with E-state index in [0.717, 1.165) is 17.2 Å². The lowest BCUT2D eigenvalue weighted by atomic mass is 9.92. The van der Waals surface area contributed by atoms with Gasteiger partial charge in [-0.05, 0) is 19.1 Å². The highest BCUT2D eigenvalue weighted by Gasteiger charge is 2.24. The first-order chi connectivity index (χ1) is 7.88. The van der Waals surface area contributed by atoms with Crippen LogP contribution in [0.1, 0.15) is 38.0 Å². The number of hydrogen-bond acceptors (Lipinski definition) is 4. The average molecular weight is 234 g/mol. The number of nitrogens with two attached hydrogens (primary N) is 1. The molecule has 0 atom stereocenters. The van der Waals surface area contributed by atoms with Crippen LogP contribution in [0.25, 0.3) is 0 Å². The summed E-state index contributed by atoms with van der Waals surface area (Å²) >= 11 is 0. The maximum Gasteiger partial charge on any atom is 0.169 e. The summed E-state index contributed by atoms with van der Waals surface area (Å²) in [5, 5.41) is 8.00. The van der Waals surface area contributed by atoms with Gasteiger partial charge in [-0.3, -0.25) is 0 Å². The summed E-state index contributed by atoms with van der Waals surface area (Å²) in [6.45, 7) is 8.75. The molecule has 0 saturated carbocycles. The molecule has 2 N–H and O–H groups in total. The Labute approximate surface area is 101 Å². The van der Waals surface area contributed by atoms with Crippen LogP contribution in [-0.2, 0) is 12.0 Å². The van der Waals surface area contributed by atoms with Crippen LogP contribution in [0.15, 0.2) is 16.5 Å². The summed E-state index contributed by atoms with van der Waals surface area (Å²) in [5.41, 5.74) is 6.71. The minimum absolute atomic E-state index is 0.0881. The minimum atomic E-state index is -0.0881. The summed E-state index contributed by atoms with van der Waals surface area (Å²) in [7, 11) is 0. The summed E-state index contributed by atoms with van der Waals surface area (Å²) in [5.74, 6) is 2.24. The zero-order valence-electron chi connectivity index (χ0n) is 10.7. The molecule has 0 fully saturated rings. The summed E-state index contributed by atoms with van der Waals surface area (Å²) in [4.78, 5) is 0. The normalized spacial score (nSPS) is 12.0. The Bertz CT molecular complexity index is 519. The molecule has 0 radical (unpaired) electrons. The molecule has 5 heteroatoms. The van der Waals surface area contributed by atoms with Crippen LogP contribution in [0.4, 0.5) is 5.82 Å². The van der Waals surface area contributed by atoms with E-state index in [9.17, 15) is 0 Å². The zero-order chi connectivity index (χ0) is 12.6. The SMILES string of the molecule is Cc1ccc(Cn2nnc(N)c2C(C)(C)C)o1. The summed E-state index contributed by atoms with van der Waals surface area (Å²) in [6, 6.07) is 3.88. The number of aryl methyl sites for hydroxylation is 1. The van der Waals surface area contributed by atoms with Crippen LogP contribution < -0.4 is 5.73 Å². The number of nitrogen functional groups attached to an aromatic ring is 1. The van der Waals surface area contributed by atoms with Crippen molar-refractivity contribution in [3.63, 3.8) is 0 Å². The third-order valence-electron chi connectivity index (χ3n) is 2.57. The zero-order valence-corrected chi connectivity index (χ0v) is 10.7. The van der Waals surface area contributed by atoms with Gasteiger partial charge in [-0.25, -0.2) is 4.68 Å². The molecule has 2 aromatic rings. The predicted molar refractivity (Wildman–Crippen MR) is 65.7 cm³/mol. The van der Waals surface area contributed by atoms with E-state index in [1.54, 1.807) is 4.68 Å².